The van der Waals surface area contributed by atoms with Crippen LogP contribution >= 0.6 is 12.6 Å². The van der Waals surface area contributed by atoms with E-state index in [1.807, 2.05) is 37.3 Å². The van der Waals surface area contributed by atoms with E-state index in [0.717, 1.165) is 18.4 Å². The van der Waals surface area contributed by atoms with Crippen molar-refractivity contribution in [2.75, 3.05) is 6.54 Å². The molecule has 1 fully saturated rings. The molecule has 1 aliphatic heterocycles. The summed E-state index contributed by atoms with van der Waals surface area (Å²) < 4.78 is 0. The molecule has 2 rings (SSSR count). The number of aliphatic carboxylic acids is 1. The number of nitrogens with one attached hydrogen (secondary N) is 1. The smallest absolute Gasteiger partial charge is 0.323 e. The molecule has 0 unspecified atom stereocenters. The van der Waals surface area contributed by atoms with Crippen LogP contribution in [0.2, 0.25) is 0 Å². The normalized spacial score (nSPS) is 22.2. The molecule has 2 amide bonds. The lowest BCUT2D eigenvalue weighted by Crippen LogP contribution is -2.52. The molecule has 6 nitrogen and oxygen atoms in total. The number of carboxylic acid groups (broad SMARTS) is 1. The monoisotopic (exact) mass is 364 g/mol. The Morgan fingerprint density at radius 3 is 2.64 bits per heavy atom. The fraction of sp³-hybridized carbons (Fsp3) is 0.500. The van der Waals surface area contributed by atoms with Crippen molar-refractivity contribution in [2.24, 2.45) is 0 Å². The van der Waals surface area contributed by atoms with Crippen LogP contribution in [0, 0.1) is 0 Å². The van der Waals surface area contributed by atoms with Gasteiger partial charge in [0.05, 0.1) is 5.25 Å². The van der Waals surface area contributed by atoms with E-state index < -0.39 is 17.3 Å². The number of rotatable bonds is 6. The zero-order chi connectivity index (χ0) is 18.4. The first-order valence-electron chi connectivity index (χ1n) is 8.43. The number of hydrogen-bond acceptors (Lipinski definition) is 4. The van der Waals surface area contributed by atoms with Crippen LogP contribution in [0.15, 0.2) is 30.3 Å². The zero-order valence-corrected chi connectivity index (χ0v) is 15.1. The summed E-state index contributed by atoms with van der Waals surface area (Å²) in [6.45, 7) is 1.49. The van der Waals surface area contributed by atoms with Gasteiger partial charge in [0.1, 0.15) is 12.6 Å². The van der Waals surface area contributed by atoms with Crippen molar-refractivity contribution < 1.29 is 19.5 Å². The van der Waals surface area contributed by atoms with Gasteiger partial charge in [0.15, 0.2) is 0 Å². The number of carbonyl (C=O) groups excluding carboxylic acids is 2. The number of carbonyl (C=O) groups is 3. The molecule has 0 bridgehead atoms. The molecular weight excluding hydrogens is 340 g/mol. The van der Waals surface area contributed by atoms with Gasteiger partial charge < -0.3 is 15.3 Å². The molecule has 25 heavy (non-hydrogen) atoms. The average molecular weight is 364 g/mol. The summed E-state index contributed by atoms with van der Waals surface area (Å²) in [4.78, 5) is 37.4. The molecule has 0 aromatic heterocycles. The van der Waals surface area contributed by atoms with Gasteiger partial charge in [-0.1, -0.05) is 30.3 Å². The minimum atomic E-state index is -1.05. The SMILES string of the molecule is C[C@@H]1CCC[C@H](NC(=O)[C@H](S)Cc2ccccc2)C(=O)N1CC(=O)O. The maximum absolute atomic E-state index is 12.6. The average Bonchev–Trinajstić information content (AvgIpc) is 2.69. The highest BCUT2D eigenvalue weighted by Gasteiger charge is 2.33. The van der Waals surface area contributed by atoms with Gasteiger partial charge in [-0.25, -0.2) is 0 Å². The van der Waals surface area contributed by atoms with Crippen molar-refractivity contribution >= 4 is 30.4 Å². The summed E-state index contributed by atoms with van der Waals surface area (Å²) >= 11 is 4.36. The van der Waals surface area contributed by atoms with Crippen molar-refractivity contribution in [3.8, 4) is 0 Å². The Bertz CT molecular complexity index is 623. The largest absolute Gasteiger partial charge is 0.480 e. The van der Waals surface area contributed by atoms with Gasteiger partial charge in [0, 0.05) is 6.04 Å². The predicted molar refractivity (Wildman–Crippen MR) is 97.5 cm³/mol. The van der Waals surface area contributed by atoms with Crippen LogP contribution in [0.1, 0.15) is 31.7 Å². The second-order valence-electron chi connectivity index (χ2n) is 6.41. The van der Waals surface area contributed by atoms with E-state index in [1.165, 1.54) is 4.90 Å². The van der Waals surface area contributed by atoms with Gasteiger partial charge in [-0.15, -0.1) is 0 Å². The Morgan fingerprint density at radius 2 is 2.00 bits per heavy atom. The molecule has 1 heterocycles. The van der Waals surface area contributed by atoms with E-state index in [2.05, 4.69) is 17.9 Å². The lowest BCUT2D eigenvalue weighted by Gasteiger charge is -2.28. The van der Waals surface area contributed by atoms with Crippen molar-refractivity contribution in [3.63, 3.8) is 0 Å². The van der Waals surface area contributed by atoms with Crippen molar-refractivity contribution in [2.45, 2.75) is 49.9 Å². The minimum Gasteiger partial charge on any atom is -0.480 e. The second-order valence-corrected chi connectivity index (χ2v) is 7.03. The molecule has 0 spiro atoms. The number of carboxylic acids is 1. The number of nitrogens with zero attached hydrogens (tertiary/aromatic N) is 1. The van der Waals surface area contributed by atoms with E-state index in [0.29, 0.717) is 12.8 Å². The van der Waals surface area contributed by atoms with Gasteiger partial charge in [-0.2, -0.15) is 12.6 Å². The van der Waals surface area contributed by atoms with E-state index in [1.54, 1.807) is 0 Å². The molecule has 0 radical (unpaired) electrons. The minimum absolute atomic E-state index is 0.151. The summed E-state index contributed by atoms with van der Waals surface area (Å²) in [6.07, 6.45) is 2.45. The van der Waals surface area contributed by atoms with Crippen LogP contribution in [-0.4, -0.2) is 51.7 Å². The summed E-state index contributed by atoms with van der Waals surface area (Å²) in [5.41, 5.74) is 0.992. The first kappa shape index (κ1) is 19.3. The van der Waals surface area contributed by atoms with Gasteiger partial charge in [0.2, 0.25) is 11.8 Å². The number of thiol groups is 1. The van der Waals surface area contributed by atoms with Gasteiger partial charge in [-0.3, -0.25) is 14.4 Å². The molecule has 1 aromatic carbocycles. The third-order valence-electron chi connectivity index (χ3n) is 4.42. The third-order valence-corrected chi connectivity index (χ3v) is 4.84. The lowest BCUT2D eigenvalue weighted by atomic mass is 10.1. The Hall–Kier alpha value is -2.02. The molecule has 3 atom stereocenters. The van der Waals surface area contributed by atoms with Gasteiger partial charge in [-0.05, 0) is 38.2 Å². The van der Waals surface area contributed by atoms with E-state index in [-0.39, 0.29) is 24.4 Å². The number of amides is 2. The highest BCUT2D eigenvalue weighted by Crippen LogP contribution is 2.18. The predicted octanol–water partition coefficient (Wildman–Crippen LogP) is 1.50. The standard InChI is InChI=1S/C18H24N2O4S/c1-12-6-5-9-14(18(24)20(12)11-16(21)22)19-17(23)15(25)10-13-7-3-2-4-8-13/h2-4,7-8,12,14-15,25H,5-6,9-11H2,1H3,(H,19,23)(H,21,22)/t12-,14+,15-/m1/s1. The number of likely N-dealkylation sites (tertiary alicyclic amines) is 1. The van der Waals surface area contributed by atoms with Crippen molar-refractivity contribution in [1.29, 1.82) is 0 Å². The van der Waals surface area contributed by atoms with E-state index in [4.69, 9.17) is 5.11 Å². The molecule has 1 aromatic rings. The van der Waals surface area contributed by atoms with Gasteiger partial charge in [0.25, 0.3) is 0 Å². The first-order valence-corrected chi connectivity index (χ1v) is 8.94. The molecule has 0 saturated carbocycles. The van der Waals surface area contributed by atoms with Crippen LogP contribution in [0.25, 0.3) is 0 Å². The summed E-state index contributed by atoms with van der Waals surface area (Å²) in [7, 11) is 0. The van der Waals surface area contributed by atoms with Crippen molar-refractivity contribution in [3.05, 3.63) is 35.9 Å². The van der Waals surface area contributed by atoms with Crippen LogP contribution < -0.4 is 5.32 Å². The van der Waals surface area contributed by atoms with Crippen LogP contribution in [0.4, 0.5) is 0 Å². The quantitative estimate of drug-likeness (QED) is 0.668. The topological polar surface area (TPSA) is 86.7 Å². The van der Waals surface area contributed by atoms with Crippen LogP contribution in [0.5, 0.6) is 0 Å². The number of benzene rings is 1. The Kier molecular flexibility index (Phi) is 6.87. The van der Waals surface area contributed by atoms with Crippen molar-refractivity contribution in [1.82, 2.24) is 10.2 Å². The Labute approximate surface area is 153 Å². The Morgan fingerprint density at radius 1 is 1.32 bits per heavy atom. The summed E-state index contributed by atoms with van der Waals surface area (Å²) in [5, 5.41) is 11.2. The molecule has 0 aliphatic carbocycles. The fourth-order valence-corrected chi connectivity index (χ4v) is 3.31. The molecule has 1 saturated heterocycles. The lowest BCUT2D eigenvalue weighted by molar-refractivity contribution is -0.147. The molecular formula is C18H24N2O4S. The maximum Gasteiger partial charge on any atom is 0.323 e. The molecule has 7 heteroatoms. The summed E-state index contributed by atoms with van der Waals surface area (Å²) in [5.74, 6) is -1.69. The van der Waals surface area contributed by atoms with Crippen LogP contribution in [0.3, 0.4) is 0 Å². The van der Waals surface area contributed by atoms with Gasteiger partial charge >= 0.3 is 5.97 Å². The molecule has 136 valence electrons. The second kappa shape index (κ2) is 8.89. The highest BCUT2D eigenvalue weighted by atomic mass is 32.1. The Balaban J connectivity index is 2.00. The summed E-state index contributed by atoms with van der Waals surface area (Å²) in [6, 6.07) is 8.69. The fourth-order valence-electron chi connectivity index (χ4n) is 3.03. The van der Waals surface area contributed by atoms with E-state index in [9.17, 15) is 14.4 Å². The van der Waals surface area contributed by atoms with Crippen LogP contribution in [-0.2, 0) is 20.8 Å². The third kappa shape index (κ3) is 5.49. The highest BCUT2D eigenvalue weighted by molar-refractivity contribution is 7.81. The molecule has 2 N–H and O–H groups in total. The van der Waals surface area contributed by atoms with E-state index >= 15 is 0 Å². The maximum atomic E-state index is 12.6. The zero-order valence-electron chi connectivity index (χ0n) is 14.2. The first-order chi connectivity index (χ1) is 11.9. The number of hydrogen-bond donors (Lipinski definition) is 3. The molecule has 1 aliphatic rings.